The largest absolute Gasteiger partial charge is 0.508 e. The molecule has 228 valence electrons. The molecular weight excluding hydrogens is 570 g/mol. The second kappa shape index (κ2) is 10.5. The van der Waals surface area contributed by atoms with Crippen molar-refractivity contribution in [2.45, 2.75) is 84.5 Å². The van der Waals surface area contributed by atoms with Crippen LogP contribution in [0.2, 0.25) is 19.1 Å². The summed E-state index contributed by atoms with van der Waals surface area (Å²) in [6.45, 7) is 12.9. The molecule has 1 aromatic carbocycles. The summed E-state index contributed by atoms with van der Waals surface area (Å²) in [6, 6.07) is 7.73. The Kier molecular flexibility index (Phi) is 7.40. The number of fused-ring (bicyclic) bond motifs is 5. The highest BCUT2D eigenvalue weighted by atomic mass is 28.3. The Morgan fingerprint density at radius 1 is 1.16 bits per heavy atom. The molecule has 12 heteroatoms. The summed E-state index contributed by atoms with van der Waals surface area (Å²) in [4.78, 5) is 57.3. The smallest absolute Gasteiger partial charge is 0.408 e. The molecule has 11 nitrogen and oxygen atoms in total. The molecule has 2 N–H and O–H groups in total. The fourth-order valence-corrected chi connectivity index (χ4v) is 8.16. The Bertz CT molecular complexity index is 1740. The number of amides is 1. The fraction of sp³-hybridized carbons (Fsp3) is 0.452. The summed E-state index contributed by atoms with van der Waals surface area (Å²) in [5.74, 6) is -1.54. The van der Waals surface area contributed by atoms with Crippen molar-refractivity contribution >= 4 is 42.2 Å². The molecular formula is C31H37N3O8Si. The molecule has 1 amide bonds. The number of aromatic hydroxyl groups is 1. The molecule has 0 spiro atoms. The molecule has 1 unspecified atom stereocenters. The van der Waals surface area contributed by atoms with Crippen LogP contribution in [0.5, 0.6) is 5.75 Å². The van der Waals surface area contributed by atoms with Gasteiger partial charge in [-0.1, -0.05) is 33.0 Å². The maximum Gasteiger partial charge on any atom is 0.408 e. The van der Waals surface area contributed by atoms with Crippen LogP contribution in [0, 0.1) is 0 Å². The van der Waals surface area contributed by atoms with Gasteiger partial charge in [-0.2, -0.15) is 0 Å². The molecule has 1 atom stereocenters. The number of rotatable bonds is 6. The maximum absolute atomic E-state index is 14.0. The van der Waals surface area contributed by atoms with Crippen LogP contribution in [0.1, 0.15) is 57.7 Å². The highest BCUT2D eigenvalue weighted by Crippen LogP contribution is 2.41. The number of cyclic esters (lactones) is 1. The molecule has 4 heterocycles. The van der Waals surface area contributed by atoms with Crippen LogP contribution < -0.4 is 16.1 Å². The lowest BCUT2D eigenvalue weighted by atomic mass is 9.85. The summed E-state index contributed by atoms with van der Waals surface area (Å²) >= 11 is 0. The van der Waals surface area contributed by atoms with E-state index in [0.29, 0.717) is 16.9 Å². The molecule has 5 rings (SSSR count). The number of esters is 2. The first-order chi connectivity index (χ1) is 20.1. The summed E-state index contributed by atoms with van der Waals surface area (Å²) in [5, 5.41) is 14.7. The van der Waals surface area contributed by atoms with E-state index in [-0.39, 0.29) is 42.0 Å². The molecule has 0 bridgehead atoms. The Morgan fingerprint density at radius 2 is 1.88 bits per heavy atom. The van der Waals surface area contributed by atoms with Gasteiger partial charge in [0.25, 0.3) is 5.56 Å². The second-order valence-corrected chi connectivity index (χ2v) is 17.6. The van der Waals surface area contributed by atoms with E-state index in [4.69, 9.17) is 19.2 Å². The third kappa shape index (κ3) is 5.17. The SMILES string of the molecule is CCC1(OC(=O)CNC(=O)OC(C)(C)C)C(=O)OCc2c1cc1n(c2=O)Cc2c-1nc1ccc(O)cc1c2[Si](C)(C)CC. The predicted octanol–water partition coefficient (Wildman–Crippen LogP) is 3.80. The van der Waals surface area contributed by atoms with Crippen molar-refractivity contribution in [1.29, 1.82) is 0 Å². The van der Waals surface area contributed by atoms with Gasteiger partial charge in [0.05, 0.1) is 37.1 Å². The number of phenols is 1. The predicted molar refractivity (Wildman–Crippen MR) is 162 cm³/mol. The number of hydrogen-bond acceptors (Lipinski definition) is 9. The van der Waals surface area contributed by atoms with Crippen molar-refractivity contribution in [3.63, 3.8) is 0 Å². The number of carbonyl (C=O) groups is 3. The van der Waals surface area contributed by atoms with Crippen molar-refractivity contribution in [3.05, 3.63) is 51.3 Å². The highest BCUT2D eigenvalue weighted by molar-refractivity contribution is 6.91. The average Bonchev–Trinajstić information content (AvgIpc) is 3.29. The number of alkyl carbamates (subject to hydrolysis) is 1. The first-order valence-corrected chi connectivity index (χ1v) is 17.6. The van der Waals surface area contributed by atoms with Crippen molar-refractivity contribution in [2.75, 3.05) is 6.54 Å². The first kappa shape index (κ1) is 30.3. The van der Waals surface area contributed by atoms with Gasteiger partial charge in [-0.05, 0) is 62.2 Å². The molecule has 0 fully saturated rings. The van der Waals surface area contributed by atoms with Crippen LogP contribution >= 0.6 is 0 Å². The molecule has 0 saturated carbocycles. The number of hydrogen-bond donors (Lipinski definition) is 2. The van der Waals surface area contributed by atoms with Crippen LogP contribution in [0.4, 0.5) is 4.79 Å². The van der Waals surface area contributed by atoms with Crippen LogP contribution in [0.15, 0.2) is 29.1 Å². The van der Waals surface area contributed by atoms with E-state index in [1.807, 2.05) is 0 Å². The van der Waals surface area contributed by atoms with Crippen LogP contribution in [0.3, 0.4) is 0 Å². The minimum Gasteiger partial charge on any atom is -0.508 e. The fourth-order valence-electron chi connectivity index (χ4n) is 5.86. The Labute approximate surface area is 250 Å². The van der Waals surface area contributed by atoms with Crippen molar-refractivity contribution in [1.82, 2.24) is 14.9 Å². The lowest BCUT2D eigenvalue weighted by molar-refractivity contribution is -0.188. The number of aromatic nitrogens is 2. The molecule has 3 aromatic rings. The monoisotopic (exact) mass is 607 g/mol. The summed E-state index contributed by atoms with van der Waals surface area (Å²) in [6.07, 6.45) is -0.812. The number of nitrogens with one attached hydrogen (secondary N) is 1. The lowest BCUT2D eigenvalue weighted by Crippen LogP contribution is -2.49. The number of nitrogens with zero attached hydrogens (tertiary/aromatic N) is 2. The van der Waals surface area contributed by atoms with E-state index in [9.17, 15) is 24.3 Å². The van der Waals surface area contributed by atoms with Gasteiger partial charge in [-0.3, -0.25) is 9.59 Å². The van der Waals surface area contributed by atoms with Gasteiger partial charge in [0.15, 0.2) is 0 Å². The standard InChI is InChI=1S/C31H37N3O8Si/c1-8-31(41-24(36)14-32-29(39)42-30(3,4)5)21-13-23-25-19(15-34(23)27(37)20(21)16-40-28(31)38)26(43(6,7)9-2)18-12-17(35)10-11-22(18)33-25/h10-13,35H,8-9,14-16H2,1-7H3,(H,32,39). The lowest BCUT2D eigenvalue weighted by Gasteiger charge is -2.35. The van der Waals surface area contributed by atoms with Gasteiger partial charge in [-0.25, -0.2) is 14.6 Å². The zero-order valence-corrected chi connectivity index (χ0v) is 26.5. The summed E-state index contributed by atoms with van der Waals surface area (Å²) in [5.41, 5.74) is 0.231. The summed E-state index contributed by atoms with van der Waals surface area (Å²) < 4.78 is 18.0. The maximum atomic E-state index is 14.0. The third-order valence-electron chi connectivity index (χ3n) is 8.26. The van der Waals surface area contributed by atoms with Crippen LogP contribution in [-0.4, -0.2) is 52.9 Å². The van der Waals surface area contributed by atoms with Gasteiger partial charge in [-0.15, -0.1) is 0 Å². The molecule has 0 radical (unpaired) electrons. The van der Waals surface area contributed by atoms with Gasteiger partial charge >= 0.3 is 18.0 Å². The quantitative estimate of drug-likeness (QED) is 0.190. The van der Waals surface area contributed by atoms with E-state index in [0.717, 1.165) is 22.2 Å². The molecule has 2 aliphatic heterocycles. The van der Waals surface area contributed by atoms with Crippen LogP contribution in [-0.2, 0) is 42.6 Å². The van der Waals surface area contributed by atoms with Crippen molar-refractivity contribution < 1.29 is 33.7 Å². The molecule has 2 aromatic heterocycles. The van der Waals surface area contributed by atoms with Crippen molar-refractivity contribution in [3.8, 4) is 17.1 Å². The Balaban J connectivity index is 1.62. The van der Waals surface area contributed by atoms with E-state index >= 15 is 0 Å². The van der Waals surface area contributed by atoms with E-state index in [1.165, 1.54) is 0 Å². The minimum atomic E-state index is -2.05. The number of ether oxygens (including phenoxy) is 3. The zero-order chi connectivity index (χ0) is 31.5. The number of phenolic OH excluding ortho intramolecular Hbond substituents is 1. The highest BCUT2D eigenvalue weighted by Gasteiger charge is 2.50. The van der Waals surface area contributed by atoms with Crippen molar-refractivity contribution in [2.24, 2.45) is 0 Å². The minimum absolute atomic E-state index is 0.00177. The molecule has 43 heavy (non-hydrogen) atoms. The Morgan fingerprint density at radius 3 is 2.53 bits per heavy atom. The first-order valence-electron chi connectivity index (χ1n) is 14.4. The Hall–Kier alpha value is -4.19. The summed E-state index contributed by atoms with van der Waals surface area (Å²) in [7, 11) is -2.05. The normalized spacial score (nSPS) is 17.5. The van der Waals surface area contributed by atoms with Gasteiger partial charge in [0, 0.05) is 10.9 Å². The number of benzene rings is 1. The van der Waals surface area contributed by atoms with Gasteiger partial charge in [0.1, 0.15) is 24.5 Å². The topological polar surface area (TPSA) is 146 Å². The van der Waals surface area contributed by atoms with Crippen LogP contribution in [0.25, 0.3) is 22.3 Å². The van der Waals surface area contributed by atoms with E-state index < -0.39 is 43.9 Å². The van der Waals surface area contributed by atoms with E-state index in [1.54, 1.807) is 56.5 Å². The average molecular weight is 608 g/mol. The van der Waals surface area contributed by atoms with Gasteiger partial charge < -0.3 is 29.2 Å². The molecule has 0 aliphatic carbocycles. The molecule has 2 aliphatic rings. The zero-order valence-electron chi connectivity index (χ0n) is 25.5. The van der Waals surface area contributed by atoms with Gasteiger partial charge in [0.2, 0.25) is 5.60 Å². The second-order valence-electron chi connectivity index (χ2n) is 12.7. The molecule has 0 saturated heterocycles. The number of pyridine rings is 2. The number of carbonyl (C=O) groups excluding carboxylic acids is 3. The van der Waals surface area contributed by atoms with E-state index in [2.05, 4.69) is 25.3 Å². The third-order valence-corrected chi connectivity index (χ3v) is 12.0.